The highest BCUT2D eigenvalue weighted by molar-refractivity contribution is 6.31. The number of hydrogen-bond donors (Lipinski definition) is 0. The summed E-state index contributed by atoms with van der Waals surface area (Å²) in [4.78, 5) is 14.1. The van der Waals surface area contributed by atoms with Gasteiger partial charge in [-0.1, -0.05) is 35.3 Å². The average Bonchev–Trinajstić information content (AvgIpc) is 2.87. The van der Waals surface area contributed by atoms with E-state index in [1.54, 1.807) is 18.2 Å². The predicted molar refractivity (Wildman–Crippen MR) is 108 cm³/mol. The Morgan fingerprint density at radius 1 is 1.19 bits per heavy atom. The zero-order chi connectivity index (χ0) is 19.2. The number of benzene rings is 2. The van der Waals surface area contributed by atoms with E-state index in [4.69, 9.17) is 32.7 Å². The van der Waals surface area contributed by atoms with E-state index in [2.05, 4.69) is 4.90 Å². The third-order valence-corrected chi connectivity index (χ3v) is 4.99. The molecular weight excluding hydrogens is 385 g/mol. The van der Waals surface area contributed by atoms with Crippen molar-refractivity contribution < 1.29 is 14.3 Å². The van der Waals surface area contributed by atoms with Gasteiger partial charge in [0, 0.05) is 36.3 Å². The first-order chi connectivity index (χ1) is 13.0. The van der Waals surface area contributed by atoms with Crippen LogP contribution in [-0.4, -0.2) is 43.1 Å². The summed E-state index contributed by atoms with van der Waals surface area (Å²) in [6.07, 6.45) is 0.901. The molecule has 1 aliphatic heterocycles. The minimum Gasteiger partial charge on any atom is -0.490 e. The number of nitrogens with zero attached hydrogens (tertiary/aromatic N) is 1. The summed E-state index contributed by atoms with van der Waals surface area (Å²) in [7, 11) is 0. The molecule has 3 rings (SSSR count). The lowest BCUT2D eigenvalue weighted by Gasteiger charge is -2.24. The average molecular weight is 408 g/mol. The number of ether oxygens (including phenoxy) is 2. The number of carbonyl (C=O) groups is 1. The van der Waals surface area contributed by atoms with Gasteiger partial charge in [-0.3, -0.25) is 9.69 Å². The van der Waals surface area contributed by atoms with Crippen LogP contribution in [0.3, 0.4) is 0 Å². The van der Waals surface area contributed by atoms with Gasteiger partial charge < -0.3 is 9.47 Å². The van der Waals surface area contributed by atoms with Crippen molar-refractivity contribution in [3.8, 4) is 5.75 Å². The van der Waals surface area contributed by atoms with E-state index in [0.717, 1.165) is 31.1 Å². The van der Waals surface area contributed by atoms with Crippen molar-refractivity contribution in [3.05, 3.63) is 63.6 Å². The molecule has 0 bridgehead atoms. The smallest absolute Gasteiger partial charge is 0.163 e. The van der Waals surface area contributed by atoms with E-state index in [9.17, 15) is 4.79 Å². The molecular formula is C21H23Cl2NO3. The summed E-state index contributed by atoms with van der Waals surface area (Å²) < 4.78 is 11.9. The van der Waals surface area contributed by atoms with Gasteiger partial charge in [0.1, 0.15) is 18.5 Å². The van der Waals surface area contributed by atoms with Crippen molar-refractivity contribution in [1.82, 2.24) is 4.90 Å². The van der Waals surface area contributed by atoms with E-state index in [1.807, 2.05) is 24.3 Å². The summed E-state index contributed by atoms with van der Waals surface area (Å²) in [6.45, 7) is 5.16. The largest absolute Gasteiger partial charge is 0.490 e. The minimum absolute atomic E-state index is 0.0483. The Bertz CT molecular complexity index is 779. The monoisotopic (exact) mass is 407 g/mol. The molecule has 0 saturated carbocycles. The number of halogens is 2. The van der Waals surface area contributed by atoms with Crippen LogP contribution in [0, 0.1) is 0 Å². The van der Waals surface area contributed by atoms with E-state index in [1.165, 1.54) is 12.5 Å². The van der Waals surface area contributed by atoms with Gasteiger partial charge in [0.15, 0.2) is 5.78 Å². The fraction of sp³-hybridized carbons (Fsp3) is 0.381. The number of rotatable bonds is 6. The van der Waals surface area contributed by atoms with E-state index >= 15 is 0 Å². The molecule has 0 spiro atoms. The van der Waals surface area contributed by atoms with Crippen molar-refractivity contribution >= 4 is 29.0 Å². The van der Waals surface area contributed by atoms with E-state index in [0.29, 0.717) is 29.5 Å². The van der Waals surface area contributed by atoms with Gasteiger partial charge in [-0.25, -0.2) is 0 Å². The molecule has 2 aromatic rings. The second kappa shape index (κ2) is 9.56. The molecule has 1 unspecified atom stereocenters. The molecule has 1 atom stereocenters. The standard InChI is InChI=1S/C21H23Cl2NO3/c1-15(25)20-8-7-18(23)11-21(20)27-14-19-13-24(9-2-10-26-19)12-16-3-5-17(22)6-4-16/h3-8,11,19H,2,9-10,12-14H2,1H3. The summed E-state index contributed by atoms with van der Waals surface area (Å²) >= 11 is 12.0. The van der Waals surface area contributed by atoms with Crippen molar-refractivity contribution in [2.75, 3.05) is 26.3 Å². The molecule has 1 saturated heterocycles. The first-order valence-corrected chi connectivity index (χ1v) is 9.78. The van der Waals surface area contributed by atoms with Gasteiger partial charge in [0.2, 0.25) is 0 Å². The lowest BCUT2D eigenvalue weighted by atomic mass is 10.1. The molecule has 0 amide bonds. The van der Waals surface area contributed by atoms with Gasteiger partial charge in [0.05, 0.1) is 5.56 Å². The van der Waals surface area contributed by atoms with Crippen molar-refractivity contribution in [2.45, 2.75) is 26.0 Å². The van der Waals surface area contributed by atoms with Gasteiger partial charge in [0.25, 0.3) is 0 Å². The van der Waals surface area contributed by atoms with Crippen LogP contribution in [0.25, 0.3) is 0 Å². The van der Waals surface area contributed by atoms with Crippen LogP contribution in [-0.2, 0) is 11.3 Å². The lowest BCUT2D eigenvalue weighted by molar-refractivity contribution is 0.0199. The molecule has 1 heterocycles. The molecule has 0 aromatic heterocycles. The Balaban J connectivity index is 1.62. The maximum Gasteiger partial charge on any atom is 0.163 e. The van der Waals surface area contributed by atoms with Gasteiger partial charge in [-0.15, -0.1) is 0 Å². The Morgan fingerprint density at radius 2 is 1.93 bits per heavy atom. The van der Waals surface area contributed by atoms with Crippen LogP contribution in [0.4, 0.5) is 0 Å². The second-order valence-electron chi connectivity index (χ2n) is 6.72. The van der Waals surface area contributed by atoms with Gasteiger partial charge in [-0.2, -0.15) is 0 Å². The van der Waals surface area contributed by atoms with Gasteiger partial charge in [-0.05, 0) is 49.2 Å². The first kappa shape index (κ1) is 20.2. The molecule has 144 valence electrons. The molecule has 4 nitrogen and oxygen atoms in total. The van der Waals surface area contributed by atoms with Crippen molar-refractivity contribution in [3.63, 3.8) is 0 Å². The van der Waals surface area contributed by atoms with Gasteiger partial charge >= 0.3 is 0 Å². The maximum atomic E-state index is 11.8. The SMILES string of the molecule is CC(=O)c1ccc(Cl)cc1OCC1CN(Cc2ccc(Cl)cc2)CCCO1. The number of ketones is 1. The molecule has 1 aliphatic rings. The van der Waals surface area contributed by atoms with Crippen LogP contribution < -0.4 is 4.74 Å². The topological polar surface area (TPSA) is 38.8 Å². The molecule has 0 aliphatic carbocycles. The Morgan fingerprint density at radius 3 is 2.67 bits per heavy atom. The molecule has 1 fully saturated rings. The third kappa shape index (κ3) is 5.94. The molecule has 2 aromatic carbocycles. The first-order valence-electron chi connectivity index (χ1n) is 9.03. The quantitative estimate of drug-likeness (QED) is 0.640. The highest BCUT2D eigenvalue weighted by atomic mass is 35.5. The summed E-state index contributed by atoms with van der Waals surface area (Å²) in [6, 6.07) is 13.0. The highest BCUT2D eigenvalue weighted by Gasteiger charge is 2.20. The Kier molecular flexibility index (Phi) is 7.13. The maximum absolute atomic E-state index is 11.8. The highest BCUT2D eigenvalue weighted by Crippen LogP contribution is 2.24. The summed E-state index contributed by atoms with van der Waals surface area (Å²) in [5.41, 5.74) is 1.75. The lowest BCUT2D eigenvalue weighted by Crippen LogP contribution is -2.35. The minimum atomic E-state index is -0.0707. The fourth-order valence-corrected chi connectivity index (χ4v) is 3.44. The summed E-state index contributed by atoms with van der Waals surface area (Å²) in [5.74, 6) is 0.458. The zero-order valence-electron chi connectivity index (χ0n) is 15.3. The molecule has 0 N–H and O–H groups in total. The Hall–Kier alpha value is -1.59. The van der Waals surface area contributed by atoms with Crippen LogP contribution in [0.5, 0.6) is 5.75 Å². The summed E-state index contributed by atoms with van der Waals surface area (Å²) in [5, 5.41) is 1.29. The van der Waals surface area contributed by atoms with Crippen molar-refractivity contribution in [1.29, 1.82) is 0 Å². The predicted octanol–water partition coefficient (Wildman–Crippen LogP) is 4.87. The van der Waals surface area contributed by atoms with Crippen LogP contribution >= 0.6 is 23.2 Å². The second-order valence-corrected chi connectivity index (χ2v) is 7.59. The molecule has 0 radical (unpaired) electrons. The number of Topliss-reactive ketones (excluding diaryl/α,β-unsaturated/α-hetero) is 1. The van der Waals surface area contributed by atoms with Crippen LogP contribution in [0.2, 0.25) is 10.0 Å². The number of hydrogen-bond acceptors (Lipinski definition) is 4. The molecule has 6 heteroatoms. The van der Waals surface area contributed by atoms with Crippen molar-refractivity contribution in [2.24, 2.45) is 0 Å². The zero-order valence-corrected chi connectivity index (χ0v) is 16.8. The van der Waals surface area contributed by atoms with E-state index < -0.39 is 0 Å². The fourth-order valence-electron chi connectivity index (χ4n) is 3.15. The molecule has 27 heavy (non-hydrogen) atoms. The van der Waals surface area contributed by atoms with Crippen LogP contribution in [0.15, 0.2) is 42.5 Å². The van der Waals surface area contributed by atoms with E-state index in [-0.39, 0.29) is 11.9 Å². The van der Waals surface area contributed by atoms with Crippen LogP contribution in [0.1, 0.15) is 29.3 Å². The Labute approximate surface area is 170 Å². The number of carbonyl (C=O) groups excluding carboxylic acids is 1. The third-order valence-electron chi connectivity index (χ3n) is 4.50. The normalized spacial score (nSPS) is 18.1.